The van der Waals surface area contributed by atoms with Gasteiger partial charge in [0.05, 0.1) is 11.2 Å². The third-order valence-corrected chi connectivity index (χ3v) is 7.64. The summed E-state index contributed by atoms with van der Waals surface area (Å²) in [5, 5.41) is 20.5. The van der Waals surface area contributed by atoms with Crippen molar-refractivity contribution in [1.82, 2.24) is 0 Å². The minimum atomic E-state index is -0.988. The van der Waals surface area contributed by atoms with E-state index >= 15 is 0 Å². The van der Waals surface area contributed by atoms with Gasteiger partial charge in [-0.3, -0.25) is 4.79 Å². The molecule has 3 aliphatic rings. The van der Waals surface area contributed by atoms with Gasteiger partial charge in [-0.05, 0) is 57.3 Å². The highest BCUT2D eigenvalue weighted by Gasteiger charge is 2.67. The van der Waals surface area contributed by atoms with Crippen LogP contribution in [0.15, 0.2) is 12.7 Å². The molecule has 0 spiro atoms. The van der Waals surface area contributed by atoms with Crippen molar-refractivity contribution in [2.45, 2.75) is 77.1 Å². The summed E-state index contributed by atoms with van der Waals surface area (Å²) in [4.78, 5) is 13.1. The number of rotatable bonds is 2. The number of aliphatic hydroxyl groups is 2. The van der Waals surface area contributed by atoms with E-state index in [2.05, 4.69) is 20.4 Å². The van der Waals surface area contributed by atoms with Crippen molar-refractivity contribution >= 4 is 5.78 Å². The number of fused-ring (bicyclic) bond motifs is 3. The summed E-state index contributed by atoms with van der Waals surface area (Å²) in [6, 6.07) is 0. The lowest BCUT2D eigenvalue weighted by Gasteiger charge is -2.64. The van der Waals surface area contributed by atoms with Crippen LogP contribution in [0.4, 0.5) is 0 Å². The molecule has 0 radical (unpaired) electrons. The molecular weight excluding hydrogens is 304 g/mol. The van der Waals surface area contributed by atoms with Gasteiger partial charge in [-0.2, -0.15) is 0 Å². The molecule has 1 aliphatic heterocycles. The fourth-order valence-corrected chi connectivity index (χ4v) is 6.29. The molecule has 0 aromatic rings. The topological polar surface area (TPSA) is 66.8 Å². The average molecular weight is 336 g/mol. The molecule has 1 unspecified atom stereocenters. The summed E-state index contributed by atoms with van der Waals surface area (Å²) < 4.78 is 6.50. The van der Waals surface area contributed by atoms with Crippen LogP contribution in [0.1, 0.15) is 59.8 Å². The van der Waals surface area contributed by atoms with Crippen LogP contribution in [0.25, 0.3) is 0 Å². The number of ketones is 1. The molecule has 136 valence electrons. The van der Waals surface area contributed by atoms with Crippen molar-refractivity contribution in [2.24, 2.45) is 22.7 Å². The predicted octanol–water partition coefficient (Wildman–Crippen LogP) is 2.87. The molecule has 1 saturated heterocycles. The zero-order valence-corrected chi connectivity index (χ0v) is 15.5. The van der Waals surface area contributed by atoms with Crippen LogP contribution < -0.4 is 0 Å². The van der Waals surface area contributed by atoms with Crippen LogP contribution in [0.3, 0.4) is 0 Å². The first kappa shape index (κ1) is 18.1. The number of hydrogen-bond acceptors (Lipinski definition) is 4. The molecule has 3 rings (SSSR count). The van der Waals surface area contributed by atoms with E-state index < -0.39 is 22.5 Å². The van der Waals surface area contributed by atoms with E-state index in [1.165, 1.54) is 0 Å². The smallest absolute Gasteiger partial charge is 0.167 e. The molecule has 24 heavy (non-hydrogen) atoms. The van der Waals surface area contributed by atoms with Crippen molar-refractivity contribution in [3.63, 3.8) is 0 Å². The molecule has 2 aliphatic carbocycles. The second-order valence-electron chi connectivity index (χ2n) is 9.29. The zero-order valence-electron chi connectivity index (χ0n) is 15.5. The Bertz CT molecular complexity index is 560. The molecule has 2 saturated carbocycles. The maximum Gasteiger partial charge on any atom is 0.167 e. The molecule has 4 nitrogen and oxygen atoms in total. The molecule has 7 atom stereocenters. The highest BCUT2D eigenvalue weighted by molar-refractivity contribution is 5.90. The van der Waals surface area contributed by atoms with E-state index in [0.717, 1.165) is 25.7 Å². The van der Waals surface area contributed by atoms with E-state index in [0.29, 0.717) is 6.42 Å². The van der Waals surface area contributed by atoms with Crippen LogP contribution in [0, 0.1) is 22.7 Å². The van der Waals surface area contributed by atoms with Gasteiger partial charge in [-0.25, -0.2) is 0 Å². The lowest BCUT2D eigenvalue weighted by Crippen LogP contribution is -2.68. The van der Waals surface area contributed by atoms with E-state index in [9.17, 15) is 15.0 Å². The van der Waals surface area contributed by atoms with Crippen molar-refractivity contribution in [3.05, 3.63) is 12.7 Å². The molecule has 0 aromatic heterocycles. The van der Waals surface area contributed by atoms with Crippen molar-refractivity contribution in [2.75, 3.05) is 6.61 Å². The summed E-state index contributed by atoms with van der Waals surface area (Å²) in [7, 11) is 0. The zero-order chi connectivity index (χ0) is 18.0. The second-order valence-corrected chi connectivity index (χ2v) is 9.29. The molecule has 3 fully saturated rings. The summed E-state index contributed by atoms with van der Waals surface area (Å²) in [6.07, 6.45) is 4.67. The van der Waals surface area contributed by atoms with Crippen LogP contribution >= 0.6 is 0 Å². The number of ether oxygens (including phenoxy) is 1. The predicted molar refractivity (Wildman–Crippen MR) is 92.5 cm³/mol. The van der Waals surface area contributed by atoms with Crippen molar-refractivity contribution in [3.8, 4) is 0 Å². The first-order chi connectivity index (χ1) is 11.0. The Morgan fingerprint density at radius 3 is 2.42 bits per heavy atom. The first-order valence-electron chi connectivity index (χ1n) is 9.22. The van der Waals surface area contributed by atoms with Gasteiger partial charge >= 0.3 is 0 Å². The van der Waals surface area contributed by atoms with Gasteiger partial charge in [0.15, 0.2) is 5.78 Å². The molecule has 4 heteroatoms. The van der Waals surface area contributed by atoms with Gasteiger partial charge < -0.3 is 14.9 Å². The number of hydrogen-bond donors (Lipinski definition) is 2. The Labute approximate surface area is 145 Å². The Hall–Kier alpha value is -0.710. The summed E-state index contributed by atoms with van der Waals surface area (Å²) >= 11 is 0. The average Bonchev–Trinajstić information content (AvgIpc) is 2.52. The standard InChI is InChI=1S/C20H32O4/c1-6-18(3)9-7-15-19(4,24-18)10-8-14-17(2,12-21)11-13(22)16(23)20(14,15)5/h6,13-15,21-22H,1,7-12H2,2-5H3/t13-,14?,15-,17-,18-,19+,20-/m0/s1. The molecule has 0 aromatic carbocycles. The summed E-state index contributed by atoms with van der Waals surface area (Å²) in [5.74, 6) is 0.0888. The Morgan fingerprint density at radius 1 is 1.21 bits per heavy atom. The summed E-state index contributed by atoms with van der Waals surface area (Å²) in [6.45, 7) is 12.1. The maximum atomic E-state index is 13.1. The van der Waals surface area contributed by atoms with Crippen LogP contribution in [0.5, 0.6) is 0 Å². The lowest BCUT2D eigenvalue weighted by atomic mass is 9.43. The van der Waals surface area contributed by atoms with Crippen molar-refractivity contribution in [1.29, 1.82) is 0 Å². The van der Waals surface area contributed by atoms with Gasteiger partial charge in [0.1, 0.15) is 6.10 Å². The highest BCUT2D eigenvalue weighted by Crippen LogP contribution is 2.64. The van der Waals surface area contributed by atoms with Gasteiger partial charge in [0.2, 0.25) is 0 Å². The number of carbonyl (C=O) groups excluding carboxylic acids is 1. The largest absolute Gasteiger partial charge is 0.396 e. The molecular formula is C20H32O4. The van der Waals surface area contributed by atoms with Crippen LogP contribution in [-0.2, 0) is 9.53 Å². The minimum Gasteiger partial charge on any atom is -0.396 e. The Morgan fingerprint density at radius 2 is 1.83 bits per heavy atom. The normalized spacial score (nSPS) is 54.8. The van der Waals surface area contributed by atoms with E-state index in [1.54, 1.807) is 0 Å². The maximum absolute atomic E-state index is 13.1. The molecule has 0 amide bonds. The van der Waals surface area contributed by atoms with Crippen LogP contribution in [0.2, 0.25) is 0 Å². The fraction of sp³-hybridized carbons (Fsp3) is 0.850. The lowest BCUT2D eigenvalue weighted by molar-refractivity contribution is -0.254. The van der Waals surface area contributed by atoms with E-state index in [4.69, 9.17) is 4.74 Å². The third kappa shape index (κ3) is 2.26. The Kier molecular flexibility index (Phi) is 4.06. The van der Waals surface area contributed by atoms with Crippen LogP contribution in [-0.4, -0.2) is 39.9 Å². The monoisotopic (exact) mass is 336 g/mol. The third-order valence-electron chi connectivity index (χ3n) is 7.64. The van der Waals surface area contributed by atoms with Crippen molar-refractivity contribution < 1.29 is 19.7 Å². The number of Topliss-reactive ketones (excluding diaryl/α,β-unsaturated/α-hetero) is 1. The number of aliphatic hydroxyl groups excluding tert-OH is 2. The summed E-state index contributed by atoms with van der Waals surface area (Å²) in [5.41, 5.74) is -1.81. The fourth-order valence-electron chi connectivity index (χ4n) is 6.29. The van der Waals surface area contributed by atoms with Gasteiger partial charge in [0.25, 0.3) is 0 Å². The quantitative estimate of drug-likeness (QED) is 0.761. The van der Waals surface area contributed by atoms with E-state index in [-0.39, 0.29) is 29.8 Å². The first-order valence-corrected chi connectivity index (χ1v) is 9.22. The Balaban J connectivity index is 2.05. The molecule has 0 bridgehead atoms. The van der Waals surface area contributed by atoms with Gasteiger partial charge in [-0.1, -0.05) is 19.9 Å². The second kappa shape index (κ2) is 5.39. The SMILES string of the molecule is C=C[C@@]1(C)CC[C@H]2[C@@](C)(CCC3[C@](C)(CO)C[C@H](O)C(=O)[C@@]32C)O1. The highest BCUT2D eigenvalue weighted by atomic mass is 16.5. The molecule has 1 heterocycles. The minimum absolute atomic E-state index is 0.00621. The van der Waals surface area contributed by atoms with E-state index in [1.807, 2.05) is 19.9 Å². The van der Waals surface area contributed by atoms with Gasteiger partial charge in [0, 0.05) is 17.9 Å². The molecule has 2 N–H and O–H groups in total. The number of carbonyl (C=O) groups is 1. The van der Waals surface area contributed by atoms with Gasteiger partial charge in [-0.15, -0.1) is 6.58 Å².